The Labute approximate surface area is 261 Å². The van der Waals surface area contributed by atoms with Gasteiger partial charge in [0, 0.05) is 6.54 Å². The molecular weight excluding hydrogens is 578 g/mol. The molecule has 6 rings (SSSR count). The molecule has 0 fully saturated rings. The molecule has 0 N–H and O–H groups in total. The molecule has 0 saturated carbocycles. The van der Waals surface area contributed by atoms with Gasteiger partial charge >= 0.3 is 6.09 Å². The van der Waals surface area contributed by atoms with Crippen LogP contribution in [0.1, 0.15) is 90.3 Å². The number of aryl methyl sites for hydroxylation is 1. The summed E-state index contributed by atoms with van der Waals surface area (Å²) < 4.78 is 7.37. The van der Waals surface area contributed by atoms with Crippen LogP contribution in [-0.4, -0.2) is 60.9 Å². The first-order chi connectivity index (χ1) is 21.1. The lowest BCUT2D eigenvalue weighted by Gasteiger charge is -2.35. The molecule has 1 aliphatic heterocycles. The number of amides is 2. The van der Waals surface area contributed by atoms with Gasteiger partial charge in [-0.05, 0) is 95.3 Å². The van der Waals surface area contributed by atoms with Crippen molar-refractivity contribution in [1.29, 1.82) is 0 Å². The van der Waals surface area contributed by atoms with Gasteiger partial charge in [-0.2, -0.15) is 0 Å². The first-order valence-electron chi connectivity index (χ1n) is 15.1. The summed E-state index contributed by atoms with van der Waals surface area (Å²) in [6, 6.07) is 18.3. The van der Waals surface area contributed by atoms with Crippen molar-refractivity contribution in [3.8, 4) is 0 Å². The van der Waals surface area contributed by atoms with E-state index in [1.54, 1.807) is 28.8 Å². The molecule has 2 aliphatic rings. The van der Waals surface area contributed by atoms with Crippen LogP contribution in [0.15, 0.2) is 60.7 Å². The number of pyridine rings is 1. The van der Waals surface area contributed by atoms with E-state index in [-0.39, 0.29) is 17.9 Å². The van der Waals surface area contributed by atoms with E-state index in [1.807, 2.05) is 57.2 Å². The van der Waals surface area contributed by atoms with Crippen LogP contribution in [-0.2, 0) is 17.7 Å². The summed E-state index contributed by atoms with van der Waals surface area (Å²) in [5.74, 6) is 0.0946. The van der Waals surface area contributed by atoms with Crippen LogP contribution in [0.2, 0.25) is 5.15 Å². The van der Waals surface area contributed by atoms with Crippen molar-refractivity contribution in [3.05, 3.63) is 94.0 Å². The number of fused-ring (bicyclic) bond motifs is 3. The fourth-order valence-electron chi connectivity index (χ4n) is 6.20. The van der Waals surface area contributed by atoms with Crippen molar-refractivity contribution in [2.75, 3.05) is 13.1 Å². The molecule has 4 aromatic rings. The van der Waals surface area contributed by atoms with Crippen LogP contribution < -0.4 is 0 Å². The quantitative estimate of drug-likeness (QED) is 0.122. The van der Waals surface area contributed by atoms with Crippen molar-refractivity contribution < 1.29 is 19.1 Å². The van der Waals surface area contributed by atoms with Gasteiger partial charge in [0.2, 0.25) is 0 Å². The monoisotopic (exact) mass is 613 g/mol. The summed E-state index contributed by atoms with van der Waals surface area (Å²) in [6.07, 6.45) is 3.68. The lowest BCUT2D eigenvalue weighted by molar-refractivity contribution is 0.0530. The minimum Gasteiger partial charge on any atom is -0.443 e. The highest BCUT2D eigenvalue weighted by atomic mass is 35.5. The Balaban J connectivity index is 1.27. The molecule has 0 bridgehead atoms. The molecule has 1 atom stereocenters. The number of rotatable bonds is 8. The summed E-state index contributed by atoms with van der Waals surface area (Å²) in [7, 11) is 0. The van der Waals surface area contributed by atoms with Gasteiger partial charge in [-0.25, -0.2) is 19.3 Å². The third-order valence-electron chi connectivity index (χ3n) is 8.16. The van der Waals surface area contributed by atoms with Crippen LogP contribution in [0.5, 0.6) is 0 Å². The minimum atomic E-state index is -0.674. The lowest BCUT2D eigenvalue weighted by atomic mass is 9.90. The van der Waals surface area contributed by atoms with Gasteiger partial charge < -0.3 is 4.74 Å². The van der Waals surface area contributed by atoms with Gasteiger partial charge in [0.15, 0.2) is 0 Å². The maximum Gasteiger partial charge on any atom is 0.420 e. The number of hydrogen-bond donors (Lipinski definition) is 0. The van der Waals surface area contributed by atoms with Crippen molar-refractivity contribution in [2.45, 2.75) is 71.1 Å². The number of aromatic nitrogens is 3. The summed E-state index contributed by atoms with van der Waals surface area (Å²) in [5, 5.41) is 0.446. The lowest BCUT2D eigenvalue weighted by Crippen LogP contribution is -2.35. The van der Waals surface area contributed by atoms with Crippen LogP contribution in [0.25, 0.3) is 11.0 Å². The first kappa shape index (κ1) is 30.0. The zero-order valence-corrected chi connectivity index (χ0v) is 26.0. The molecule has 10 heteroatoms. The first-order valence-corrected chi connectivity index (χ1v) is 15.5. The van der Waals surface area contributed by atoms with E-state index in [2.05, 4.69) is 4.90 Å². The number of halogens is 1. The Morgan fingerprint density at radius 3 is 2.41 bits per heavy atom. The normalized spacial score (nSPS) is 16.5. The highest BCUT2D eigenvalue weighted by Gasteiger charge is 2.35. The fraction of sp³-hybridized carbons (Fsp3) is 0.382. The van der Waals surface area contributed by atoms with E-state index in [0.29, 0.717) is 65.6 Å². The van der Waals surface area contributed by atoms with Gasteiger partial charge in [0.05, 0.1) is 40.4 Å². The molecule has 9 nitrogen and oxygen atoms in total. The minimum absolute atomic E-state index is 0.0383. The number of para-hydroxylation sites is 2. The standard InChI is InChI=1S/C34H36ClN5O4/c1-34(2,3)44-33(43)40-26-15-7-6-14-25(26)36-29(40)21-38(27-16-10-11-22-17-18-28(35)37-30(22)27)19-8-9-20-39-31(41)23-12-4-5-13-24(23)32(39)42/h4-7,12-15,17-18,27H,8-11,16,19-21H2,1-3H3. The molecule has 1 aliphatic carbocycles. The number of ether oxygens (including phenoxy) is 1. The second-order valence-corrected chi connectivity index (χ2v) is 12.8. The Morgan fingerprint density at radius 2 is 1.68 bits per heavy atom. The molecule has 2 aromatic carbocycles. The maximum atomic E-state index is 13.5. The molecule has 2 aromatic heterocycles. The van der Waals surface area contributed by atoms with E-state index in [1.165, 1.54) is 10.5 Å². The van der Waals surface area contributed by atoms with Gasteiger partial charge in [0.25, 0.3) is 11.8 Å². The predicted molar refractivity (Wildman–Crippen MR) is 168 cm³/mol. The third-order valence-corrected chi connectivity index (χ3v) is 8.37. The summed E-state index contributed by atoms with van der Waals surface area (Å²) >= 11 is 6.38. The Morgan fingerprint density at radius 1 is 0.977 bits per heavy atom. The van der Waals surface area contributed by atoms with Crippen molar-refractivity contribution >= 4 is 40.5 Å². The number of hydrogen-bond acceptors (Lipinski definition) is 7. The molecule has 0 radical (unpaired) electrons. The molecule has 0 spiro atoms. The zero-order valence-electron chi connectivity index (χ0n) is 25.3. The third kappa shape index (κ3) is 5.99. The zero-order chi connectivity index (χ0) is 31.0. The van der Waals surface area contributed by atoms with Gasteiger partial charge in [-0.1, -0.05) is 41.9 Å². The molecule has 0 saturated heterocycles. The van der Waals surface area contributed by atoms with Gasteiger partial charge in [-0.15, -0.1) is 0 Å². The number of unbranched alkanes of at least 4 members (excludes halogenated alkanes) is 1. The summed E-state index contributed by atoms with van der Waals surface area (Å²) in [6.45, 7) is 6.89. The topological polar surface area (TPSA) is 97.6 Å². The number of carbonyl (C=O) groups is 3. The average molecular weight is 614 g/mol. The molecule has 2 amide bonds. The van der Waals surface area contributed by atoms with Gasteiger partial charge in [0.1, 0.15) is 16.6 Å². The molecular formula is C34H36ClN5O4. The number of nitrogens with zero attached hydrogens (tertiary/aromatic N) is 5. The Bertz CT molecular complexity index is 1710. The van der Waals surface area contributed by atoms with Crippen molar-refractivity contribution in [1.82, 2.24) is 24.3 Å². The maximum absolute atomic E-state index is 13.5. The molecule has 228 valence electrons. The smallest absolute Gasteiger partial charge is 0.420 e. The molecule has 3 heterocycles. The predicted octanol–water partition coefficient (Wildman–Crippen LogP) is 6.82. The average Bonchev–Trinajstić information content (AvgIpc) is 3.47. The number of imide groups is 1. The Kier molecular flexibility index (Phi) is 8.26. The van der Waals surface area contributed by atoms with Crippen LogP contribution in [0.3, 0.4) is 0 Å². The van der Waals surface area contributed by atoms with E-state index in [4.69, 9.17) is 26.3 Å². The molecule has 1 unspecified atom stereocenters. The fourth-order valence-corrected chi connectivity index (χ4v) is 6.36. The van der Waals surface area contributed by atoms with Gasteiger partial charge in [-0.3, -0.25) is 19.4 Å². The number of benzene rings is 2. The van der Waals surface area contributed by atoms with Crippen molar-refractivity contribution in [3.63, 3.8) is 0 Å². The Hall–Kier alpha value is -4.08. The summed E-state index contributed by atoms with van der Waals surface area (Å²) in [5.41, 5.74) is 3.76. The number of carbonyl (C=O) groups excluding carboxylic acids is 3. The largest absolute Gasteiger partial charge is 0.443 e. The number of imidazole rings is 1. The second kappa shape index (κ2) is 12.1. The van der Waals surface area contributed by atoms with E-state index in [9.17, 15) is 14.4 Å². The van der Waals surface area contributed by atoms with Crippen molar-refractivity contribution in [2.24, 2.45) is 0 Å². The summed E-state index contributed by atoms with van der Waals surface area (Å²) in [4.78, 5) is 52.6. The highest BCUT2D eigenvalue weighted by molar-refractivity contribution is 6.29. The highest BCUT2D eigenvalue weighted by Crippen LogP contribution is 2.35. The SMILES string of the molecule is CC(C)(C)OC(=O)n1c(CN(CCCCN2C(=O)c3ccccc3C2=O)C2CCCc3ccc(Cl)nc32)nc2ccccc21. The molecule has 44 heavy (non-hydrogen) atoms. The van der Waals surface area contributed by atoms with E-state index < -0.39 is 11.7 Å². The van der Waals surface area contributed by atoms with E-state index >= 15 is 0 Å². The van der Waals surface area contributed by atoms with E-state index in [0.717, 1.165) is 25.0 Å². The van der Waals surface area contributed by atoms with Crippen LogP contribution in [0, 0.1) is 0 Å². The second-order valence-electron chi connectivity index (χ2n) is 12.4. The van der Waals surface area contributed by atoms with Crippen LogP contribution in [0.4, 0.5) is 4.79 Å². The van der Waals surface area contributed by atoms with Crippen LogP contribution >= 0.6 is 11.6 Å².